The summed E-state index contributed by atoms with van der Waals surface area (Å²) >= 11 is 0. The molecule has 6 nitrogen and oxygen atoms in total. The molecule has 0 radical (unpaired) electrons. The average molecular weight is 403 g/mol. The van der Waals surface area contributed by atoms with Gasteiger partial charge in [-0.3, -0.25) is 14.7 Å². The number of aromatic nitrogens is 1. The van der Waals surface area contributed by atoms with Gasteiger partial charge in [-0.25, -0.2) is 4.79 Å². The Balaban J connectivity index is 1.67. The molecule has 4 rings (SSSR count). The largest absolute Gasteiger partial charge is 0.452 e. The number of esters is 1. The predicted molar refractivity (Wildman–Crippen MR) is 115 cm³/mol. The number of para-hydroxylation sites is 1. The summed E-state index contributed by atoms with van der Waals surface area (Å²) in [5.41, 5.74) is 4.37. The number of nitrogens with zero attached hydrogens (tertiary/aromatic N) is 3. The van der Waals surface area contributed by atoms with Crippen LogP contribution in [0.25, 0.3) is 10.9 Å². The summed E-state index contributed by atoms with van der Waals surface area (Å²) in [6, 6.07) is 17.9. The molecule has 30 heavy (non-hydrogen) atoms. The first-order chi connectivity index (χ1) is 14.5. The van der Waals surface area contributed by atoms with E-state index in [0.717, 1.165) is 41.7 Å². The Morgan fingerprint density at radius 1 is 1.07 bits per heavy atom. The maximum atomic E-state index is 13.1. The lowest BCUT2D eigenvalue weighted by atomic mass is 9.95. The molecular formula is C24H25N3O3. The molecule has 154 valence electrons. The second-order valence-electron chi connectivity index (χ2n) is 7.74. The molecule has 1 aliphatic rings. The van der Waals surface area contributed by atoms with Crippen LogP contribution >= 0.6 is 0 Å². The van der Waals surface area contributed by atoms with E-state index >= 15 is 0 Å². The maximum Gasteiger partial charge on any atom is 0.339 e. The highest BCUT2D eigenvalue weighted by molar-refractivity contribution is 6.05. The Bertz CT molecular complexity index is 1080. The summed E-state index contributed by atoms with van der Waals surface area (Å²) in [5, 5.41) is 0.764. The Hall–Kier alpha value is -3.25. The fourth-order valence-electron chi connectivity index (χ4n) is 3.78. The van der Waals surface area contributed by atoms with Crippen LogP contribution < -0.4 is 0 Å². The van der Waals surface area contributed by atoms with Gasteiger partial charge in [0.25, 0.3) is 5.91 Å². The van der Waals surface area contributed by atoms with E-state index in [1.807, 2.05) is 42.5 Å². The van der Waals surface area contributed by atoms with Gasteiger partial charge in [0.15, 0.2) is 6.61 Å². The van der Waals surface area contributed by atoms with E-state index in [-0.39, 0.29) is 12.5 Å². The van der Waals surface area contributed by atoms with Gasteiger partial charge in [-0.05, 0) is 11.6 Å². The fourth-order valence-corrected chi connectivity index (χ4v) is 3.78. The van der Waals surface area contributed by atoms with E-state index < -0.39 is 5.97 Å². The number of amides is 1. The van der Waals surface area contributed by atoms with Crippen molar-refractivity contribution >= 4 is 22.8 Å². The lowest BCUT2D eigenvalue weighted by Crippen LogP contribution is -2.33. The quantitative estimate of drug-likeness (QED) is 0.613. The lowest BCUT2D eigenvalue weighted by Gasteiger charge is -2.30. The van der Waals surface area contributed by atoms with Crippen molar-refractivity contribution in [3.05, 3.63) is 77.0 Å². The summed E-state index contributed by atoms with van der Waals surface area (Å²) in [7, 11) is 3.28. The average Bonchev–Trinajstić information content (AvgIpc) is 2.76. The van der Waals surface area contributed by atoms with Gasteiger partial charge in [-0.2, -0.15) is 0 Å². The first-order valence-electron chi connectivity index (χ1n) is 10.1. The monoisotopic (exact) mass is 403 g/mol. The molecule has 0 spiro atoms. The summed E-state index contributed by atoms with van der Waals surface area (Å²) < 4.78 is 5.40. The number of hydrogen-bond acceptors (Lipinski definition) is 5. The van der Waals surface area contributed by atoms with Crippen molar-refractivity contribution in [3.8, 4) is 0 Å². The van der Waals surface area contributed by atoms with Crippen LogP contribution in [0.2, 0.25) is 0 Å². The fraction of sp³-hybridized carbons (Fsp3) is 0.292. The summed E-state index contributed by atoms with van der Waals surface area (Å²) in [6.45, 7) is 2.03. The second kappa shape index (κ2) is 8.63. The topological polar surface area (TPSA) is 62.7 Å². The summed E-state index contributed by atoms with van der Waals surface area (Å²) in [4.78, 5) is 33.5. The van der Waals surface area contributed by atoms with Gasteiger partial charge < -0.3 is 9.64 Å². The van der Waals surface area contributed by atoms with Gasteiger partial charge in [-0.15, -0.1) is 0 Å². The Morgan fingerprint density at radius 3 is 2.57 bits per heavy atom. The van der Waals surface area contributed by atoms with Gasteiger partial charge in [0, 0.05) is 56.8 Å². The number of carbonyl (C=O) groups is 2. The number of pyridine rings is 1. The van der Waals surface area contributed by atoms with Crippen LogP contribution in [0.4, 0.5) is 0 Å². The van der Waals surface area contributed by atoms with Crippen LogP contribution in [0.5, 0.6) is 0 Å². The molecule has 2 heterocycles. The van der Waals surface area contributed by atoms with Crippen molar-refractivity contribution in [2.45, 2.75) is 19.5 Å². The SMILES string of the molecule is CN(C)C(=O)COC(=O)c1c2c(nc3ccccc13)CCN(Cc1ccccc1)C2. The second-order valence-corrected chi connectivity index (χ2v) is 7.74. The van der Waals surface area contributed by atoms with Crippen LogP contribution in [-0.4, -0.2) is 53.9 Å². The third kappa shape index (κ3) is 4.19. The Kier molecular flexibility index (Phi) is 5.77. The number of rotatable bonds is 5. The highest BCUT2D eigenvalue weighted by atomic mass is 16.5. The van der Waals surface area contributed by atoms with Crippen molar-refractivity contribution in [3.63, 3.8) is 0 Å². The molecule has 0 aliphatic carbocycles. The Morgan fingerprint density at radius 2 is 1.80 bits per heavy atom. The normalized spacial score (nSPS) is 13.7. The third-order valence-corrected chi connectivity index (χ3v) is 5.40. The van der Waals surface area contributed by atoms with Gasteiger partial charge in [0.05, 0.1) is 11.1 Å². The van der Waals surface area contributed by atoms with Crippen LogP contribution in [0.15, 0.2) is 54.6 Å². The van der Waals surface area contributed by atoms with Crippen molar-refractivity contribution in [2.24, 2.45) is 0 Å². The molecule has 0 bridgehead atoms. The number of carbonyl (C=O) groups excluding carboxylic acids is 2. The minimum Gasteiger partial charge on any atom is -0.452 e. The van der Waals surface area contributed by atoms with Crippen molar-refractivity contribution in [1.29, 1.82) is 0 Å². The molecule has 3 aromatic rings. The Labute approximate surface area is 176 Å². The van der Waals surface area contributed by atoms with E-state index in [2.05, 4.69) is 17.0 Å². The van der Waals surface area contributed by atoms with Gasteiger partial charge in [0.2, 0.25) is 0 Å². The molecule has 6 heteroatoms. The number of fused-ring (bicyclic) bond motifs is 2. The molecule has 1 amide bonds. The molecule has 0 unspecified atom stereocenters. The molecular weight excluding hydrogens is 378 g/mol. The van der Waals surface area contributed by atoms with E-state index in [4.69, 9.17) is 9.72 Å². The number of benzene rings is 2. The molecule has 0 atom stereocenters. The number of ether oxygens (including phenoxy) is 1. The lowest BCUT2D eigenvalue weighted by molar-refractivity contribution is -0.131. The number of likely N-dealkylation sites (N-methyl/N-ethyl adjacent to an activating group) is 1. The molecule has 1 aromatic heterocycles. The van der Waals surface area contributed by atoms with Crippen LogP contribution in [0, 0.1) is 0 Å². The predicted octanol–water partition coefficient (Wildman–Crippen LogP) is 3.04. The van der Waals surface area contributed by atoms with Crippen LogP contribution in [0.3, 0.4) is 0 Å². The minimum atomic E-state index is -0.471. The minimum absolute atomic E-state index is 0.249. The highest BCUT2D eigenvalue weighted by Crippen LogP contribution is 2.29. The van der Waals surface area contributed by atoms with Crippen LogP contribution in [0.1, 0.15) is 27.2 Å². The smallest absolute Gasteiger partial charge is 0.339 e. The van der Waals surface area contributed by atoms with Crippen molar-refractivity contribution in [2.75, 3.05) is 27.2 Å². The summed E-state index contributed by atoms with van der Waals surface area (Å²) in [5.74, 6) is -0.720. The van der Waals surface area contributed by atoms with E-state index in [1.165, 1.54) is 10.5 Å². The van der Waals surface area contributed by atoms with E-state index in [1.54, 1.807) is 14.1 Å². The van der Waals surface area contributed by atoms with Crippen LogP contribution in [-0.2, 0) is 29.0 Å². The molecule has 0 saturated heterocycles. The zero-order valence-electron chi connectivity index (χ0n) is 17.3. The van der Waals surface area contributed by atoms with Crippen molar-refractivity contribution in [1.82, 2.24) is 14.8 Å². The van der Waals surface area contributed by atoms with Gasteiger partial charge in [0.1, 0.15) is 0 Å². The zero-order valence-corrected chi connectivity index (χ0v) is 17.3. The zero-order chi connectivity index (χ0) is 21.1. The van der Waals surface area contributed by atoms with Gasteiger partial charge >= 0.3 is 5.97 Å². The standard InChI is InChI=1S/C24H25N3O3/c1-26(2)22(28)16-30-24(29)23-18-10-6-7-11-20(18)25-21-12-13-27(15-19(21)23)14-17-8-4-3-5-9-17/h3-11H,12-16H2,1-2H3. The summed E-state index contributed by atoms with van der Waals surface area (Å²) in [6.07, 6.45) is 0.768. The molecule has 0 fully saturated rings. The van der Waals surface area contributed by atoms with E-state index in [0.29, 0.717) is 12.1 Å². The molecule has 1 aliphatic heterocycles. The third-order valence-electron chi connectivity index (χ3n) is 5.40. The maximum absolute atomic E-state index is 13.1. The number of hydrogen-bond donors (Lipinski definition) is 0. The molecule has 0 saturated carbocycles. The van der Waals surface area contributed by atoms with E-state index in [9.17, 15) is 9.59 Å². The van der Waals surface area contributed by atoms with Crippen molar-refractivity contribution < 1.29 is 14.3 Å². The molecule has 0 N–H and O–H groups in total. The first-order valence-corrected chi connectivity index (χ1v) is 10.1. The van der Waals surface area contributed by atoms with Gasteiger partial charge in [-0.1, -0.05) is 48.5 Å². The molecule has 2 aromatic carbocycles. The highest BCUT2D eigenvalue weighted by Gasteiger charge is 2.27. The first kappa shape index (κ1) is 20.0.